The Labute approximate surface area is 114 Å². The van der Waals surface area contributed by atoms with Crippen LogP contribution in [0.25, 0.3) is 0 Å². The highest BCUT2D eigenvalue weighted by Gasteiger charge is 2.37. The molecule has 0 saturated heterocycles. The molecule has 100 valence electrons. The molecule has 1 aliphatic rings. The minimum Gasteiger partial charge on any atom is -0.392 e. The van der Waals surface area contributed by atoms with Gasteiger partial charge in [-0.2, -0.15) is 0 Å². The maximum Gasteiger partial charge on any atom is 0.248 e. The Kier molecular flexibility index (Phi) is 4.38. The van der Waals surface area contributed by atoms with Crippen LogP contribution in [0.5, 0.6) is 0 Å². The van der Waals surface area contributed by atoms with Crippen molar-refractivity contribution in [3.05, 3.63) is 34.3 Å². The zero-order valence-electron chi connectivity index (χ0n) is 10.1. The average Bonchev–Trinajstić information content (AvgIpc) is 2.32. The monoisotopic (exact) mass is 318 g/mol. The number of alkyl halides is 2. The Morgan fingerprint density at radius 3 is 2.33 bits per heavy atom. The molecular formula is C14H17BrF2O. The van der Waals surface area contributed by atoms with Gasteiger partial charge in [0.15, 0.2) is 0 Å². The van der Waals surface area contributed by atoms with E-state index >= 15 is 0 Å². The van der Waals surface area contributed by atoms with E-state index in [9.17, 15) is 13.9 Å². The first-order chi connectivity index (χ1) is 8.46. The van der Waals surface area contributed by atoms with Crippen molar-refractivity contribution >= 4 is 15.9 Å². The van der Waals surface area contributed by atoms with E-state index in [0.717, 1.165) is 10.0 Å². The van der Waals surface area contributed by atoms with Gasteiger partial charge in [0, 0.05) is 17.3 Å². The molecule has 1 unspecified atom stereocenters. The fourth-order valence-electron chi connectivity index (χ4n) is 2.48. The van der Waals surface area contributed by atoms with Crippen LogP contribution >= 0.6 is 15.9 Å². The van der Waals surface area contributed by atoms with Crippen molar-refractivity contribution in [1.29, 1.82) is 0 Å². The van der Waals surface area contributed by atoms with Crippen LogP contribution in [0.4, 0.5) is 8.78 Å². The molecule has 0 aliphatic heterocycles. The molecule has 1 atom stereocenters. The molecule has 0 spiro atoms. The number of rotatable bonds is 3. The van der Waals surface area contributed by atoms with Crippen molar-refractivity contribution < 1.29 is 13.9 Å². The van der Waals surface area contributed by atoms with Gasteiger partial charge in [0.25, 0.3) is 0 Å². The van der Waals surface area contributed by atoms with Gasteiger partial charge in [-0.25, -0.2) is 8.78 Å². The normalized spacial score (nSPS) is 21.8. The molecule has 1 fully saturated rings. The summed E-state index contributed by atoms with van der Waals surface area (Å²) in [5.41, 5.74) is 1.04. The van der Waals surface area contributed by atoms with Crippen LogP contribution in [0.2, 0.25) is 0 Å². The SMILES string of the molecule is OC(Cc1ccc(Br)cc1)C1CCC(F)(F)CC1. The molecule has 2 rings (SSSR count). The lowest BCUT2D eigenvalue weighted by molar-refractivity contribution is -0.0619. The second-order valence-electron chi connectivity index (χ2n) is 5.09. The average molecular weight is 319 g/mol. The highest BCUT2D eigenvalue weighted by atomic mass is 79.9. The number of aliphatic hydroxyl groups excluding tert-OH is 1. The van der Waals surface area contributed by atoms with Crippen LogP contribution in [-0.2, 0) is 6.42 Å². The third-order valence-electron chi connectivity index (χ3n) is 3.66. The molecule has 1 aromatic carbocycles. The molecule has 1 saturated carbocycles. The van der Waals surface area contributed by atoms with Crippen molar-refractivity contribution in [3.63, 3.8) is 0 Å². The smallest absolute Gasteiger partial charge is 0.248 e. The molecule has 0 amide bonds. The first-order valence-electron chi connectivity index (χ1n) is 6.27. The van der Waals surface area contributed by atoms with Crippen molar-refractivity contribution in [1.82, 2.24) is 0 Å². The second kappa shape index (κ2) is 5.66. The van der Waals surface area contributed by atoms with Crippen molar-refractivity contribution in [2.24, 2.45) is 5.92 Å². The summed E-state index contributed by atoms with van der Waals surface area (Å²) in [5, 5.41) is 10.1. The lowest BCUT2D eigenvalue weighted by Gasteiger charge is -2.31. The fourth-order valence-corrected chi connectivity index (χ4v) is 2.74. The van der Waals surface area contributed by atoms with E-state index in [2.05, 4.69) is 15.9 Å². The summed E-state index contributed by atoms with van der Waals surface area (Å²) in [6.45, 7) is 0. The number of benzene rings is 1. The minimum atomic E-state index is -2.52. The van der Waals surface area contributed by atoms with Gasteiger partial charge < -0.3 is 5.11 Å². The zero-order chi connectivity index (χ0) is 13.2. The van der Waals surface area contributed by atoms with E-state index in [0.29, 0.717) is 19.3 Å². The van der Waals surface area contributed by atoms with Crippen LogP contribution in [0, 0.1) is 5.92 Å². The summed E-state index contributed by atoms with van der Waals surface area (Å²) in [6.07, 6.45) is 0.700. The summed E-state index contributed by atoms with van der Waals surface area (Å²) < 4.78 is 27.0. The molecule has 1 N–H and O–H groups in total. The van der Waals surface area contributed by atoms with Crippen molar-refractivity contribution in [2.75, 3.05) is 0 Å². The van der Waals surface area contributed by atoms with Crippen LogP contribution in [0.15, 0.2) is 28.7 Å². The number of halogens is 3. The number of aliphatic hydroxyl groups is 1. The van der Waals surface area contributed by atoms with Crippen LogP contribution in [0.1, 0.15) is 31.2 Å². The second-order valence-corrected chi connectivity index (χ2v) is 6.01. The first kappa shape index (κ1) is 13.9. The van der Waals surface area contributed by atoms with Crippen LogP contribution < -0.4 is 0 Å². The minimum absolute atomic E-state index is 0.00766. The van der Waals surface area contributed by atoms with Gasteiger partial charge in [-0.05, 0) is 42.9 Å². The van der Waals surface area contributed by atoms with Gasteiger partial charge >= 0.3 is 0 Å². The maximum absolute atomic E-state index is 13.0. The number of hydrogen-bond acceptors (Lipinski definition) is 1. The Morgan fingerprint density at radius 2 is 1.78 bits per heavy atom. The topological polar surface area (TPSA) is 20.2 Å². The molecule has 4 heteroatoms. The summed E-state index contributed by atoms with van der Waals surface area (Å²) in [5.74, 6) is -2.51. The Morgan fingerprint density at radius 1 is 1.22 bits per heavy atom. The van der Waals surface area contributed by atoms with E-state index in [-0.39, 0.29) is 18.8 Å². The third-order valence-corrected chi connectivity index (χ3v) is 4.19. The molecular weight excluding hydrogens is 302 g/mol. The quantitative estimate of drug-likeness (QED) is 0.886. The molecule has 1 nitrogen and oxygen atoms in total. The van der Waals surface area contributed by atoms with Crippen molar-refractivity contribution in [2.45, 2.75) is 44.1 Å². The van der Waals surface area contributed by atoms with Gasteiger partial charge in [0.1, 0.15) is 0 Å². The van der Waals surface area contributed by atoms with E-state index < -0.39 is 12.0 Å². The molecule has 0 radical (unpaired) electrons. The van der Waals surface area contributed by atoms with Gasteiger partial charge in [-0.1, -0.05) is 28.1 Å². The molecule has 1 aliphatic carbocycles. The summed E-state index contributed by atoms with van der Waals surface area (Å²) in [4.78, 5) is 0. The Balaban J connectivity index is 1.89. The lowest BCUT2D eigenvalue weighted by atomic mass is 9.81. The van der Waals surface area contributed by atoms with Crippen LogP contribution in [0.3, 0.4) is 0 Å². The largest absolute Gasteiger partial charge is 0.392 e. The maximum atomic E-state index is 13.0. The molecule has 18 heavy (non-hydrogen) atoms. The lowest BCUT2D eigenvalue weighted by Crippen LogP contribution is -2.32. The molecule has 0 aromatic heterocycles. The van der Waals surface area contributed by atoms with E-state index in [4.69, 9.17) is 0 Å². The van der Waals surface area contributed by atoms with Crippen molar-refractivity contribution in [3.8, 4) is 0 Å². The predicted octanol–water partition coefficient (Wildman–Crippen LogP) is 4.18. The van der Waals surface area contributed by atoms with Gasteiger partial charge in [0.2, 0.25) is 5.92 Å². The Bertz CT molecular complexity index is 381. The highest BCUT2D eigenvalue weighted by molar-refractivity contribution is 9.10. The Hall–Kier alpha value is -0.480. The fraction of sp³-hybridized carbons (Fsp3) is 0.571. The van der Waals surface area contributed by atoms with E-state index in [1.165, 1.54) is 0 Å². The summed E-state index contributed by atoms with van der Waals surface area (Å²) >= 11 is 3.35. The predicted molar refractivity (Wildman–Crippen MR) is 70.8 cm³/mol. The van der Waals surface area contributed by atoms with E-state index in [1.807, 2.05) is 24.3 Å². The highest BCUT2D eigenvalue weighted by Crippen LogP contribution is 2.37. The van der Waals surface area contributed by atoms with Gasteiger partial charge in [0.05, 0.1) is 6.10 Å². The summed E-state index contributed by atoms with van der Waals surface area (Å²) in [6, 6.07) is 7.75. The summed E-state index contributed by atoms with van der Waals surface area (Å²) in [7, 11) is 0. The molecule has 0 bridgehead atoms. The van der Waals surface area contributed by atoms with Gasteiger partial charge in [-0.15, -0.1) is 0 Å². The first-order valence-corrected chi connectivity index (χ1v) is 7.06. The zero-order valence-corrected chi connectivity index (χ0v) is 11.7. The standard InChI is InChI=1S/C14H17BrF2O/c15-12-3-1-10(2-4-12)9-13(18)11-5-7-14(16,17)8-6-11/h1-4,11,13,18H,5-9H2. The van der Waals surface area contributed by atoms with E-state index in [1.54, 1.807) is 0 Å². The third kappa shape index (κ3) is 3.75. The molecule has 0 heterocycles. The van der Waals surface area contributed by atoms with Gasteiger partial charge in [-0.3, -0.25) is 0 Å². The molecule has 1 aromatic rings. The number of hydrogen-bond donors (Lipinski definition) is 1. The van der Waals surface area contributed by atoms with Crippen LogP contribution in [-0.4, -0.2) is 17.1 Å².